The van der Waals surface area contributed by atoms with E-state index in [1.54, 1.807) is 24.1 Å². The van der Waals surface area contributed by atoms with Gasteiger partial charge >= 0.3 is 6.03 Å². The van der Waals surface area contributed by atoms with Gasteiger partial charge in [0.2, 0.25) is 10.1 Å². The van der Waals surface area contributed by atoms with Gasteiger partial charge in [-0.15, -0.1) is 5.10 Å². The van der Waals surface area contributed by atoms with Crippen LogP contribution in [0.2, 0.25) is 0 Å². The Hall–Kier alpha value is -2.88. The summed E-state index contributed by atoms with van der Waals surface area (Å²) in [6, 6.07) is 6.29. The number of rotatable bonds is 3. The number of imidazole rings is 1. The van der Waals surface area contributed by atoms with Gasteiger partial charge in [0.05, 0.1) is 0 Å². The van der Waals surface area contributed by atoms with E-state index < -0.39 is 0 Å². The van der Waals surface area contributed by atoms with Crippen molar-refractivity contribution in [3.05, 3.63) is 30.1 Å². The average Bonchev–Trinajstić information content (AvgIpc) is 3.26. The number of piperazine rings is 1. The Bertz CT molecular complexity index is 1050. The fraction of sp³-hybridized carbons (Fsp3) is 0.450. The minimum Gasteiger partial charge on any atom is -0.364 e. The molecule has 0 spiro atoms. The lowest BCUT2D eigenvalue weighted by molar-refractivity contribution is 0.196. The number of aromatic nitrogens is 3. The number of urea groups is 1. The first-order valence-electron chi connectivity index (χ1n) is 9.90. The number of nitrogens with one attached hydrogen (secondary N) is 2. The molecule has 1 saturated heterocycles. The van der Waals surface area contributed by atoms with Crippen LogP contribution in [0.1, 0.15) is 20.8 Å². The van der Waals surface area contributed by atoms with Crippen LogP contribution in [0.25, 0.3) is 16.2 Å². The molecule has 3 heterocycles. The van der Waals surface area contributed by atoms with Crippen molar-refractivity contribution in [3.8, 4) is 11.3 Å². The largest absolute Gasteiger partial charge is 0.364 e. The zero-order valence-corrected chi connectivity index (χ0v) is 18.4. The van der Waals surface area contributed by atoms with E-state index in [-0.39, 0.29) is 17.4 Å². The van der Waals surface area contributed by atoms with Crippen LogP contribution in [0.5, 0.6) is 0 Å². The molecule has 4 rings (SSSR count). The molecule has 30 heavy (non-hydrogen) atoms. The number of halogens is 1. The number of hydrogen-bond acceptors (Lipinski definition) is 6. The Balaban J connectivity index is 1.66. The maximum Gasteiger partial charge on any atom is 0.317 e. The lowest BCUT2D eigenvalue weighted by Crippen LogP contribution is -2.51. The molecule has 10 heteroatoms. The number of amides is 2. The summed E-state index contributed by atoms with van der Waals surface area (Å²) in [5.41, 5.74) is 1.38. The number of anilines is 2. The normalized spacial score (nSPS) is 15.0. The van der Waals surface area contributed by atoms with E-state index >= 15 is 0 Å². The van der Waals surface area contributed by atoms with Crippen molar-refractivity contribution in [2.45, 2.75) is 26.3 Å². The predicted molar refractivity (Wildman–Crippen MR) is 118 cm³/mol. The van der Waals surface area contributed by atoms with Gasteiger partial charge in [-0.1, -0.05) is 11.3 Å². The van der Waals surface area contributed by atoms with Crippen molar-refractivity contribution in [1.29, 1.82) is 0 Å². The number of carbonyl (C=O) groups excluding carboxylic acids is 1. The maximum absolute atomic E-state index is 13.4. The van der Waals surface area contributed by atoms with Gasteiger partial charge in [-0.05, 0) is 45.0 Å². The minimum atomic E-state index is -0.276. The van der Waals surface area contributed by atoms with Crippen LogP contribution in [0, 0.1) is 5.82 Å². The van der Waals surface area contributed by atoms with E-state index in [1.165, 1.54) is 23.5 Å². The van der Waals surface area contributed by atoms with Gasteiger partial charge < -0.3 is 20.4 Å². The topological polar surface area (TPSA) is 77.8 Å². The first kappa shape index (κ1) is 20.4. The first-order chi connectivity index (χ1) is 14.2. The monoisotopic (exact) mass is 431 g/mol. The highest BCUT2D eigenvalue weighted by atomic mass is 32.1. The van der Waals surface area contributed by atoms with E-state index in [9.17, 15) is 9.18 Å². The Labute approximate surface area is 178 Å². The molecule has 160 valence electrons. The molecule has 8 nitrogen and oxygen atoms in total. The summed E-state index contributed by atoms with van der Waals surface area (Å²) in [7, 11) is 1.65. The number of fused-ring (bicyclic) bond motifs is 1. The Morgan fingerprint density at radius 1 is 1.13 bits per heavy atom. The predicted octanol–water partition coefficient (Wildman–Crippen LogP) is 3.27. The lowest BCUT2D eigenvalue weighted by atomic mass is 10.1. The summed E-state index contributed by atoms with van der Waals surface area (Å²) in [4.78, 5) is 21.4. The van der Waals surface area contributed by atoms with E-state index in [0.717, 1.165) is 40.3 Å². The summed E-state index contributed by atoms with van der Waals surface area (Å²) in [6.07, 6.45) is 0. The molecule has 1 aliphatic rings. The fourth-order valence-electron chi connectivity index (χ4n) is 3.40. The van der Waals surface area contributed by atoms with Crippen LogP contribution < -0.4 is 15.5 Å². The number of nitrogens with zero attached hydrogens (tertiary/aromatic N) is 5. The summed E-state index contributed by atoms with van der Waals surface area (Å²) in [6.45, 7) is 8.96. The van der Waals surface area contributed by atoms with Crippen LogP contribution in [-0.2, 0) is 0 Å². The van der Waals surface area contributed by atoms with Crippen LogP contribution >= 0.6 is 11.3 Å². The summed E-state index contributed by atoms with van der Waals surface area (Å²) >= 11 is 1.51. The van der Waals surface area contributed by atoms with Crippen LogP contribution in [0.15, 0.2) is 24.3 Å². The second kappa shape index (κ2) is 7.75. The standard InChI is InChI=1S/C20H26FN7OS/c1-20(2,3)24-16-15(13-5-7-14(21)8-6-13)23-18-28(16)25-19(30-18)27-11-9-26(10-12-27)17(29)22-4/h5-8,24H,9-12H2,1-4H3,(H,22,29). The molecule has 1 fully saturated rings. The van der Waals surface area contributed by atoms with Crippen molar-refractivity contribution < 1.29 is 9.18 Å². The molecule has 2 N–H and O–H groups in total. The third-order valence-electron chi connectivity index (χ3n) is 4.86. The van der Waals surface area contributed by atoms with Gasteiger partial charge in [0.1, 0.15) is 11.5 Å². The summed E-state index contributed by atoms with van der Waals surface area (Å²) in [5, 5.41) is 11.9. The molecule has 0 aliphatic carbocycles. The van der Waals surface area contributed by atoms with Crippen LogP contribution in [0.4, 0.5) is 20.1 Å². The van der Waals surface area contributed by atoms with Gasteiger partial charge in [-0.3, -0.25) is 0 Å². The Kier molecular flexibility index (Phi) is 5.27. The highest BCUT2D eigenvalue weighted by Crippen LogP contribution is 2.35. The van der Waals surface area contributed by atoms with Crippen molar-refractivity contribution in [3.63, 3.8) is 0 Å². The zero-order valence-electron chi connectivity index (χ0n) is 17.6. The third kappa shape index (κ3) is 4.04. The molecule has 3 aromatic rings. The molecule has 2 amide bonds. The van der Waals surface area contributed by atoms with Gasteiger partial charge in [0, 0.05) is 44.3 Å². The van der Waals surface area contributed by atoms with Crippen LogP contribution in [0.3, 0.4) is 0 Å². The van der Waals surface area contributed by atoms with Gasteiger partial charge in [0.15, 0.2) is 5.82 Å². The molecule has 0 atom stereocenters. The van der Waals surface area contributed by atoms with Gasteiger partial charge in [-0.2, -0.15) is 4.52 Å². The van der Waals surface area contributed by atoms with E-state index in [4.69, 9.17) is 10.1 Å². The van der Waals surface area contributed by atoms with E-state index in [2.05, 4.69) is 36.3 Å². The van der Waals surface area contributed by atoms with Crippen molar-refractivity contribution in [2.24, 2.45) is 0 Å². The van der Waals surface area contributed by atoms with E-state index in [0.29, 0.717) is 13.1 Å². The average molecular weight is 432 g/mol. The molecular weight excluding hydrogens is 405 g/mol. The maximum atomic E-state index is 13.4. The summed E-state index contributed by atoms with van der Waals surface area (Å²) in [5.74, 6) is 0.511. The molecule has 0 unspecified atom stereocenters. The first-order valence-corrected chi connectivity index (χ1v) is 10.7. The number of hydrogen-bond donors (Lipinski definition) is 2. The highest BCUT2D eigenvalue weighted by Gasteiger charge is 2.26. The highest BCUT2D eigenvalue weighted by molar-refractivity contribution is 7.20. The molecule has 2 aromatic heterocycles. The van der Waals surface area contributed by atoms with Gasteiger partial charge in [0.25, 0.3) is 0 Å². The number of benzene rings is 1. The van der Waals surface area contributed by atoms with Crippen molar-refractivity contribution in [1.82, 2.24) is 24.8 Å². The SMILES string of the molecule is CNC(=O)N1CCN(c2nn3c(NC(C)(C)C)c(-c4ccc(F)cc4)nc3s2)CC1. The van der Waals surface area contributed by atoms with E-state index in [1.807, 2.05) is 4.52 Å². The third-order valence-corrected chi connectivity index (χ3v) is 5.82. The van der Waals surface area contributed by atoms with Gasteiger partial charge in [-0.25, -0.2) is 14.2 Å². The molecule has 1 aliphatic heterocycles. The molecule has 0 saturated carbocycles. The number of carbonyl (C=O) groups is 1. The second-order valence-electron chi connectivity index (χ2n) is 8.30. The van der Waals surface area contributed by atoms with Crippen molar-refractivity contribution in [2.75, 3.05) is 43.4 Å². The Morgan fingerprint density at radius 3 is 2.40 bits per heavy atom. The Morgan fingerprint density at radius 2 is 1.80 bits per heavy atom. The molecule has 0 radical (unpaired) electrons. The van der Waals surface area contributed by atoms with Crippen LogP contribution in [-0.4, -0.2) is 64.3 Å². The molecular formula is C20H26FN7OS. The zero-order chi connectivity index (χ0) is 21.5. The fourth-order valence-corrected chi connectivity index (χ4v) is 4.35. The molecule has 1 aromatic carbocycles. The smallest absolute Gasteiger partial charge is 0.317 e. The quantitative estimate of drug-likeness (QED) is 0.666. The minimum absolute atomic E-state index is 0.0517. The van der Waals surface area contributed by atoms with Crippen molar-refractivity contribution >= 4 is 33.3 Å². The second-order valence-corrected chi connectivity index (χ2v) is 9.23. The molecule has 0 bridgehead atoms. The lowest BCUT2D eigenvalue weighted by Gasteiger charge is -2.33. The summed E-state index contributed by atoms with van der Waals surface area (Å²) < 4.78 is 15.2.